The number of aliphatic carboxylic acids is 1. The van der Waals surface area contributed by atoms with Gasteiger partial charge >= 0.3 is 5.97 Å². The second-order valence-corrected chi connectivity index (χ2v) is 9.01. The van der Waals surface area contributed by atoms with E-state index in [-0.39, 0.29) is 18.9 Å². The van der Waals surface area contributed by atoms with Gasteiger partial charge in [-0.2, -0.15) is 0 Å². The van der Waals surface area contributed by atoms with Crippen molar-refractivity contribution in [2.45, 2.75) is 76.5 Å². The first kappa shape index (κ1) is 24.8. The number of benzene rings is 2. The molecule has 0 unspecified atom stereocenters. The Morgan fingerprint density at radius 1 is 0.879 bits per heavy atom. The van der Waals surface area contributed by atoms with Crippen molar-refractivity contribution in [3.05, 3.63) is 65.2 Å². The first-order valence-electron chi connectivity index (χ1n) is 12.4. The zero-order chi connectivity index (χ0) is 23.3. The number of rotatable bonds is 13. The molecule has 1 saturated carbocycles. The molecule has 0 aromatic heterocycles. The summed E-state index contributed by atoms with van der Waals surface area (Å²) in [5.74, 6) is 0.568. The second kappa shape index (κ2) is 13.7. The van der Waals surface area contributed by atoms with Crippen molar-refractivity contribution >= 4 is 11.9 Å². The molecule has 1 amide bonds. The third-order valence-corrected chi connectivity index (χ3v) is 6.43. The molecule has 2 N–H and O–H groups in total. The molecule has 0 atom stereocenters. The lowest BCUT2D eigenvalue weighted by Gasteiger charge is -2.22. The van der Waals surface area contributed by atoms with Crippen LogP contribution in [0.1, 0.15) is 91.6 Å². The third kappa shape index (κ3) is 8.91. The van der Waals surface area contributed by atoms with Gasteiger partial charge in [0.25, 0.3) is 5.91 Å². The first-order valence-corrected chi connectivity index (χ1v) is 12.4. The monoisotopic (exact) mass is 451 g/mol. The summed E-state index contributed by atoms with van der Waals surface area (Å²) >= 11 is 0. The maximum atomic E-state index is 12.0. The number of carboxylic acids is 1. The maximum absolute atomic E-state index is 12.0. The van der Waals surface area contributed by atoms with E-state index in [2.05, 4.69) is 29.6 Å². The molecule has 0 heterocycles. The van der Waals surface area contributed by atoms with Crippen molar-refractivity contribution in [1.29, 1.82) is 0 Å². The Bertz CT molecular complexity index is 854. The molecule has 1 fully saturated rings. The normalized spacial score (nSPS) is 14.1. The number of hydrogen-bond donors (Lipinski definition) is 2. The minimum Gasteiger partial charge on any atom is -0.494 e. The molecule has 1 aliphatic carbocycles. The molecular weight excluding hydrogens is 414 g/mol. The van der Waals surface area contributed by atoms with Gasteiger partial charge in [0.05, 0.1) is 13.0 Å². The predicted octanol–water partition coefficient (Wildman–Crippen LogP) is 6.12. The quantitative estimate of drug-likeness (QED) is 0.360. The van der Waals surface area contributed by atoms with Gasteiger partial charge in [0.2, 0.25) is 0 Å². The summed E-state index contributed by atoms with van der Waals surface area (Å²) < 4.78 is 5.92. The highest BCUT2D eigenvalue weighted by Crippen LogP contribution is 2.33. The van der Waals surface area contributed by atoms with E-state index in [1.165, 1.54) is 43.2 Å². The van der Waals surface area contributed by atoms with E-state index >= 15 is 0 Å². The molecule has 2 aromatic rings. The molecular formula is C28H37NO4. The number of nitrogens with one attached hydrogen (secondary N) is 1. The number of amides is 1. The summed E-state index contributed by atoms with van der Waals surface area (Å²) in [6.45, 7) is 0.903. The SMILES string of the molecule is O=C(O)CCNC(=O)c1ccc(CCCCCCOc2ccc(C3CCCCC3)cc2)cc1. The fourth-order valence-electron chi connectivity index (χ4n) is 4.45. The van der Waals surface area contributed by atoms with Crippen LogP contribution >= 0.6 is 0 Å². The Labute approximate surface area is 197 Å². The van der Waals surface area contributed by atoms with Gasteiger partial charge in [-0.1, -0.05) is 56.4 Å². The van der Waals surface area contributed by atoms with E-state index in [0.29, 0.717) is 5.56 Å². The van der Waals surface area contributed by atoms with Gasteiger partial charge in [-0.25, -0.2) is 0 Å². The summed E-state index contributed by atoms with van der Waals surface area (Å²) in [4.78, 5) is 22.5. The van der Waals surface area contributed by atoms with Crippen molar-refractivity contribution in [1.82, 2.24) is 5.32 Å². The summed E-state index contributed by atoms with van der Waals surface area (Å²) in [5, 5.41) is 11.2. The van der Waals surface area contributed by atoms with Gasteiger partial charge in [0.1, 0.15) is 5.75 Å². The van der Waals surface area contributed by atoms with E-state index in [4.69, 9.17) is 9.84 Å². The number of ether oxygens (including phenoxy) is 1. The van der Waals surface area contributed by atoms with Crippen LogP contribution in [0, 0.1) is 0 Å². The predicted molar refractivity (Wildman–Crippen MR) is 131 cm³/mol. The van der Waals surface area contributed by atoms with Crippen LogP contribution < -0.4 is 10.1 Å². The van der Waals surface area contributed by atoms with Crippen molar-refractivity contribution < 1.29 is 19.4 Å². The molecule has 0 saturated heterocycles. The molecule has 0 bridgehead atoms. The highest BCUT2D eigenvalue weighted by atomic mass is 16.5. The molecule has 5 heteroatoms. The molecule has 2 aromatic carbocycles. The lowest BCUT2D eigenvalue weighted by Crippen LogP contribution is -2.25. The van der Waals surface area contributed by atoms with E-state index in [1.54, 1.807) is 12.1 Å². The van der Waals surface area contributed by atoms with Gasteiger partial charge in [0, 0.05) is 12.1 Å². The van der Waals surface area contributed by atoms with Crippen LogP contribution in [-0.2, 0) is 11.2 Å². The molecule has 5 nitrogen and oxygen atoms in total. The number of aryl methyl sites for hydroxylation is 1. The lowest BCUT2D eigenvalue weighted by atomic mass is 9.84. The van der Waals surface area contributed by atoms with Crippen LogP contribution in [0.5, 0.6) is 5.75 Å². The summed E-state index contributed by atoms with van der Waals surface area (Å²) in [5.41, 5.74) is 3.24. The Morgan fingerprint density at radius 2 is 1.58 bits per heavy atom. The molecule has 178 valence electrons. The van der Waals surface area contributed by atoms with Crippen LogP contribution in [0.25, 0.3) is 0 Å². The number of carbonyl (C=O) groups excluding carboxylic acids is 1. The van der Waals surface area contributed by atoms with Crippen LogP contribution in [0.2, 0.25) is 0 Å². The number of unbranched alkanes of at least 4 members (excludes halogenated alkanes) is 3. The molecule has 1 aliphatic rings. The third-order valence-electron chi connectivity index (χ3n) is 6.43. The fraction of sp³-hybridized carbons (Fsp3) is 0.500. The van der Waals surface area contributed by atoms with Gasteiger partial charge < -0.3 is 15.2 Å². The van der Waals surface area contributed by atoms with Crippen LogP contribution in [0.4, 0.5) is 0 Å². The Balaban J connectivity index is 1.25. The van der Waals surface area contributed by atoms with Crippen molar-refractivity contribution in [2.75, 3.05) is 13.2 Å². The highest BCUT2D eigenvalue weighted by Gasteiger charge is 2.15. The second-order valence-electron chi connectivity index (χ2n) is 9.01. The summed E-state index contributed by atoms with van der Waals surface area (Å²) in [6, 6.07) is 16.3. The largest absolute Gasteiger partial charge is 0.494 e. The molecule has 3 rings (SSSR count). The van der Waals surface area contributed by atoms with E-state index in [0.717, 1.165) is 50.4 Å². The number of hydrogen-bond acceptors (Lipinski definition) is 3. The zero-order valence-corrected chi connectivity index (χ0v) is 19.6. The van der Waals surface area contributed by atoms with Crippen molar-refractivity contribution in [3.63, 3.8) is 0 Å². The van der Waals surface area contributed by atoms with Gasteiger partial charge in [0.15, 0.2) is 0 Å². The summed E-state index contributed by atoms with van der Waals surface area (Å²) in [7, 11) is 0. The van der Waals surface area contributed by atoms with Crippen LogP contribution in [-0.4, -0.2) is 30.1 Å². The average Bonchev–Trinajstić information content (AvgIpc) is 2.84. The fourth-order valence-corrected chi connectivity index (χ4v) is 4.45. The standard InChI is InChI=1S/C28H37NO4/c30-27(31)19-20-29-28(32)25-13-11-22(12-14-25)8-4-1-2-7-21-33-26-17-15-24(16-18-26)23-9-5-3-6-10-23/h11-18,23H,1-10,19-21H2,(H,29,32)(H,30,31). The molecule has 0 spiro atoms. The molecule has 0 radical (unpaired) electrons. The van der Waals surface area contributed by atoms with E-state index in [1.807, 2.05) is 12.1 Å². The Hall–Kier alpha value is -2.82. The minimum absolute atomic E-state index is 0.0679. The van der Waals surface area contributed by atoms with Gasteiger partial charge in [-0.05, 0) is 73.4 Å². The molecule has 0 aliphatic heterocycles. The van der Waals surface area contributed by atoms with Crippen molar-refractivity contribution in [3.8, 4) is 5.75 Å². The van der Waals surface area contributed by atoms with Crippen molar-refractivity contribution in [2.24, 2.45) is 0 Å². The minimum atomic E-state index is -0.916. The van der Waals surface area contributed by atoms with Gasteiger partial charge in [-0.3, -0.25) is 9.59 Å². The zero-order valence-electron chi connectivity index (χ0n) is 19.6. The van der Waals surface area contributed by atoms with E-state index < -0.39 is 5.97 Å². The van der Waals surface area contributed by atoms with Crippen LogP contribution in [0.15, 0.2) is 48.5 Å². The average molecular weight is 452 g/mol. The van der Waals surface area contributed by atoms with Crippen LogP contribution in [0.3, 0.4) is 0 Å². The maximum Gasteiger partial charge on any atom is 0.305 e. The lowest BCUT2D eigenvalue weighted by molar-refractivity contribution is -0.136. The number of carboxylic acid groups (broad SMARTS) is 1. The Kier molecular flexibility index (Phi) is 10.3. The smallest absolute Gasteiger partial charge is 0.305 e. The van der Waals surface area contributed by atoms with E-state index in [9.17, 15) is 9.59 Å². The highest BCUT2D eigenvalue weighted by molar-refractivity contribution is 5.94. The number of carbonyl (C=O) groups is 2. The first-order chi connectivity index (χ1) is 16.1. The Morgan fingerprint density at radius 3 is 2.27 bits per heavy atom. The molecule has 33 heavy (non-hydrogen) atoms. The van der Waals surface area contributed by atoms with Gasteiger partial charge in [-0.15, -0.1) is 0 Å². The topological polar surface area (TPSA) is 75.6 Å². The summed E-state index contributed by atoms with van der Waals surface area (Å²) in [6.07, 6.45) is 12.2.